The van der Waals surface area contributed by atoms with Gasteiger partial charge in [-0.2, -0.15) is 0 Å². The van der Waals surface area contributed by atoms with Crippen molar-refractivity contribution in [3.8, 4) is 0 Å². The number of carbonyl (C=O) groups is 2. The molecule has 1 fully saturated rings. The summed E-state index contributed by atoms with van der Waals surface area (Å²) in [6.07, 6.45) is 4.22. The van der Waals surface area contributed by atoms with Gasteiger partial charge in [-0.05, 0) is 23.8 Å². The van der Waals surface area contributed by atoms with E-state index in [4.69, 9.17) is 5.11 Å². The lowest BCUT2D eigenvalue weighted by molar-refractivity contribution is -0.141. The number of carbonyl (C=O) groups excluding carboxylic acids is 1. The van der Waals surface area contributed by atoms with Crippen LogP contribution in [-0.4, -0.2) is 28.9 Å². The molecular weight excluding hydrogens is 266 g/mol. The average molecular weight is 289 g/mol. The van der Waals surface area contributed by atoms with Gasteiger partial charge in [0.1, 0.15) is 0 Å². The van der Waals surface area contributed by atoms with Crippen molar-refractivity contribution in [1.82, 2.24) is 4.90 Å². The van der Waals surface area contributed by atoms with Gasteiger partial charge in [0.25, 0.3) is 0 Å². The van der Waals surface area contributed by atoms with Crippen LogP contribution in [0, 0.1) is 5.41 Å². The zero-order chi connectivity index (χ0) is 15.3. The molecule has 1 aromatic carbocycles. The summed E-state index contributed by atoms with van der Waals surface area (Å²) < 4.78 is 0. The van der Waals surface area contributed by atoms with E-state index < -0.39 is 5.97 Å². The minimum atomic E-state index is -0.796. The molecule has 1 N–H and O–H groups in total. The van der Waals surface area contributed by atoms with Gasteiger partial charge in [-0.3, -0.25) is 9.59 Å². The number of benzene rings is 1. The minimum Gasteiger partial charge on any atom is -0.481 e. The second-order valence-corrected chi connectivity index (χ2v) is 6.19. The van der Waals surface area contributed by atoms with Gasteiger partial charge in [0.2, 0.25) is 5.91 Å². The summed E-state index contributed by atoms with van der Waals surface area (Å²) in [4.78, 5) is 25.2. The summed E-state index contributed by atoms with van der Waals surface area (Å²) >= 11 is 0. The molecule has 0 atom stereocenters. The maximum absolute atomic E-state index is 12.4. The molecule has 4 nitrogen and oxygen atoms in total. The van der Waals surface area contributed by atoms with Crippen LogP contribution in [0.15, 0.2) is 30.3 Å². The summed E-state index contributed by atoms with van der Waals surface area (Å²) in [6, 6.07) is 9.84. The summed E-state index contributed by atoms with van der Waals surface area (Å²) in [7, 11) is 1.79. The second-order valence-electron chi connectivity index (χ2n) is 6.19. The second kappa shape index (κ2) is 6.74. The highest BCUT2D eigenvalue weighted by atomic mass is 16.4. The number of amides is 1. The quantitative estimate of drug-likeness (QED) is 0.875. The van der Waals surface area contributed by atoms with Crippen molar-refractivity contribution in [3.63, 3.8) is 0 Å². The van der Waals surface area contributed by atoms with Crippen LogP contribution >= 0.6 is 0 Å². The van der Waals surface area contributed by atoms with Crippen molar-refractivity contribution >= 4 is 11.9 Å². The van der Waals surface area contributed by atoms with E-state index in [1.165, 1.54) is 0 Å². The van der Waals surface area contributed by atoms with Gasteiger partial charge >= 0.3 is 5.97 Å². The number of rotatable bonds is 6. The predicted octanol–water partition coefficient (Wildman–Crippen LogP) is 3.07. The molecule has 1 aliphatic carbocycles. The summed E-state index contributed by atoms with van der Waals surface area (Å²) in [5, 5.41) is 9.10. The van der Waals surface area contributed by atoms with Gasteiger partial charge < -0.3 is 10.0 Å². The Morgan fingerprint density at radius 2 is 1.76 bits per heavy atom. The molecule has 2 rings (SSSR count). The SMILES string of the molecule is CN(Cc1ccccc1)C(=O)CC1(CC(=O)O)CCCC1. The molecule has 0 spiro atoms. The van der Waals surface area contributed by atoms with Gasteiger partial charge in [-0.25, -0.2) is 0 Å². The molecule has 114 valence electrons. The molecule has 4 heteroatoms. The summed E-state index contributed by atoms with van der Waals surface area (Å²) in [6.45, 7) is 0.572. The first-order valence-corrected chi connectivity index (χ1v) is 7.50. The summed E-state index contributed by atoms with van der Waals surface area (Å²) in [5.74, 6) is -0.752. The van der Waals surface area contributed by atoms with Crippen molar-refractivity contribution in [2.24, 2.45) is 5.41 Å². The summed E-state index contributed by atoms with van der Waals surface area (Å²) in [5.41, 5.74) is 0.764. The highest BCUT2D eigenvalue weighted by Gasteiger charge is 2.38. The number of carboxylic acids is 1. The molecule has 1 amide bonds. The zero-order valence-electron chi connectivity index (χ0n) is 12.5. The van der Waals surface area contributed by atoms with Gasteiger partial charge in [0, 0.05) is 20.0 Å². The fraction of sp³-hybridized carbons (Fsp3) is 0.529. The number of hydrogen-bond acceptors (Lipinski definition) is 2. The van der Waals surface area contributed by atoms with E-state index >= 15 is 0 Å². The molecule has 0 aliphatic heterocycles. The van der Waals surface area contributed by atoms with Crippen LogP contribution in [0.25, 0.3) is 0 Å². The maximum atomic E-state index is 12.4. The normalized spacial score (nSPS) is 16.6. The first-order valence-electron chi connectivity index (χ1n) is 7.50. The Morgan fingerprint density at radius 3 is 2.33 bits per heavy atom. The monoisotopic (exact) mass is 289 g/mol. The highest BCUT2D eigenvalue weighted by molar-refractivity contribution is 5.78. The van der Waals surface area contributed by atoms with Crippen molar-refractivity contribution in [2.75, 3.05) is 7.05 Å². The third kappa shape index (κ3) is 4.31. The Bertz CT molecular complexity index is 492. The number of hydrogen-bond donors (Lipinski definition) is 1. The van der Waals surface area contributed by atoms with E-state index in [0.717, 1.165) is 31.2 Å². The fourth-order valence-corrected chi connectivity index (χ4v) is 3.26. The third-order valence-corrected chi connectivity index (χ3v) is 4.40. The highest BCUT2D eigenvalue weighted by Crippen LogP contribution is 2.44. The molecule has 0 saturated heterocycles. The molecule has 21 heavy (non-hydrogen) atoms. The van der Waals surface area contributed by atoms with Gasteiger partial charge in [-0.15, -0.1) is 0 Å². The van der Waals surface area contributed by atoms with Crippen LogP contribution in [0.3, 0.4) is 0 Å². The smallest absolute Gasteiger partial charge is 0.303 e. The van der Waals surface area contributed by atoms with Crippen LogP contribution in [0.4, 0.5) is 0 Å². The maximum Gasteiger partial charge on any atom is 0.303 e. The van der Waals surface area contributed by atoms with Gasteiger partial charge in [0.05, 0.1) is 6.42 Å². The number of aliphatic carboxylic acids is 1. The standard InChI is InChI=1S/C17H23NO3/c1-18(13-14-7-3-2-4-8-14)15(19)11-17(12-16(20)21)9-5-6-10-17/h2-4,7-8H,5-6,9-13H2,1H3,(H,20,21). The van der Waals surface area contributed by atoms with Crippen molar-refractivity contribution < 1.29 is 14.7 Å². The van der Waals surface area contributed by atoms with Crippen LogP contribution in [0.1, 0.15) is 44.1 Å². The van der Waals surface area contributed by atoms with Crippen molar-refractivity contribution in [3.05, 3.63) is 35.9 Å². The third-order valence-electron chi connectivity index (χ3n) is 4.40. The first-order chi connectivity index (χ1) is 10.0. The van der Waals surface area contributed by atoms with Crippen LogP contribution < -0.4 is 0 Å². The van der Waals surface area contributed by atoms with Crippen LogP contribution in [0.2, 0.25) is 0 Å². The largest absolute Gasteiger partial charge is 0.481 e. The van der Waals surface area contributed by atoms with E-state index in [0.29, 0.717) is 13.0 Å². The van der Waals surface area contributed by atoms with E-state index in [2.05, 4.69) is 0 Å². The Labute approximate surface area is 125 Å². The Balaban J connectivity index is 1.97. The Morgan fingerprint density at radius 1 is 1.14 bits per heavy atom. The lowest BCUT2D eigenvalue weighted by Crippen LogP contribution is -2.33. The molecule has 1 saturated carbocycles. The number of nitrogens with zero attached hydrogens (tertiary/aromatic N) is 1. The van der Waals surface area contributed by atoms with Crippen LogP contribution in [0.5, 0.6) is 0 Å². The van der Waals surface area contributed by atoms with Gasteiger partial charge in [-0.1, -0.05) is 43.2 Å². The van der Waals surface area contributed by atoms with Gasteiger partial charge in [0.15, 0.2) is 0 Å². The molecule has 0 aromatic heterocycles. The molecular formula is C17H23NO3. The minimum absolute atomic E-state index is 0.0435. The lowest BCUT2D eigenvalue weighted by Gasteiger charge is -2.29. The Kier molecular flexibility index (Phi) is 4.99. The molecule has 0 unspecified atom stereocenters. The van der Waals surface area contributed by atoms with E-state index in [9.17, 15) is 9.59 Å². The van der Waals surface area contributed by atoms with Crippen LogP contribution in [-0.2, 0) is 16.1 Å². The van der Waals surface area contributed by atoms with E-state index in [-0.39, 0.29) is 17.7 Å². The topological polar surface area (TPSA) is 57.6 Å². The molecule has 0 heterocycles. The number of carboxylic acid groups (broad SMARTS) is 1. The predicted molar refractivity (Wildman–Crippen MR) is 80.7 cm³/mol. The average Bonchev–Trinajstić information content (AvgIpc) is 2.87. The van der Waals surface area contributed by atoms with E-state index in [1.54, 1.807) is 11.9 Å². The van der Waals surface area contributed by atoms with E-state index in [1.807, 2.05) is 30.3 Å². The lowest BCUT2D eigenvalue weighted by atomic mass is 9.79. The fourth-order valence-electron chi connectivity index (χ4n) is 3.26. The Hall–Kier alpha value is -1.84. The van der Waals surface area contributed by atoms with Crippen molar-refractivity contribution in [2.45, 2.75) is 45.1 Å². The molecule has 0 bridgehead atoms. The molecule has 0 radical (unpaired) electrons. The molecule has 1 aliphatic rings. The molecule has 1 aromatic rings. The zero-order valence-corrected chi connectivity index (χ0v) is 12.5. The first kappa shape index (κ1) is 15.5. The van der Waals surface area contributed by atoms with Crippen molar-refractivity contribution in [1.29, 1.82) is 0 Å².